The first-order valence-electron chi connectivity index (χ1n) is 6.12. The highest BCUT2D eigenvalue weighted by molar-refractivity contribution is 6.33. The standard InChI is InChI=1S/C13H16ClN3O4/c1-6(2)10(17-13(15)21)11(18)16-7-3-4-9(14)8(5-7)12(19)20/h3-6,10H,1-2H3,(H,16,18)(H,19,20)(H3,15,17,21). The summed E-state index contributed by atoms with van der Waals surface area (Å²) >= 11 is 5.74. The van der Waals surface area contributed by atoms with Gasteiger partial charge in [-0.2, -0.15) is 0 Å². The summed E-state index contributed by atoms with van der Waals surface area (Å²) in [5.41, 5.74) is 5.16. The largest absolute Gasteiger partial charge is 0.478 e. The number of amides is 3. The summed E-state index contributed by atoms with van der Waals surface area (Å²) < 4.78 is 0. The number of carbonyl (C=O) groups excluding carboxylic acids is 2. The van der Waals surface area contributed by atoms with Crippen molar-refractivity contribution in [1.29, 1.82) is 0 Å². The van der Waals surface area contributed by atoms with Gasteiger partial charge in [0.05, 0.1) is 10.6 Å². The molecule has 0 saturated carbocycles. The Labute approximate surface area is 126 Å². The van der Waals surface area contributed by atoms with Gasteiger partial charge in [-0.1, -0.05) is 25.4 Å². The van der Waals surface area contributed by atoms with Crippen molar-refractivity contribution in [1.82, 2.24) is 5.32 Å². The molecule has 0 aliphatic carbocycles. The Morgan fingerprint density at radius 1 is 1.29 bits per heavy atom. The Morgan fingerprint density at radius 2 is 1.90 bits per heavy atom. The number of carboxylic acids is 1. The van der Waals surface area contributed by atoms with Crippen LogP contribution in [0.4, 0.5) is 10.5 Å². The van der Waals surface area contributed by atoms with Gasteiger partial charge in [0.25, 0.3) is 0 Å². The summed E-state index contributed by atoms with van der Waals surface area (Å²) in [6, 6.07) is 2.43. The first-order chi connectivity index (χ1) is 9.72. The van der Waals surface area contributed by atoms with Gasteiger partial charge in [-0.25, -0.2) is 9.59 Å². The van der Waals surface area contributed by atoms with Crippen LogP contribution in [0.15, 0.2) is 18.2 Å². The van der Waals surface area contributed by atoms with E-state index in [4.69, 9.17) is 22.4 Å². The first kappa shape index (κ1) is 16.8. The van der Waals surface area contributed by atoms with E-state index in [0.717, 1.165) is 0 Å². The molecule has 21 heavy (non-hydrogen) atoms. The number of benzene rings is 1. The summed E-state index contributed by atoms with van der Waals surface area (Å²) in [7, 11) is 0. The molecule has 0 saturated heterocycles. The second-order valence-corrected chi connectivity index (χ2v) is 5.13. The monoisotopic (exact) mass is 313 g/mol. The highest BCUT2D eigenvalue weighted by Gasteiger charge is 2.23. The van der Waals surface area contributed by atoms with Crippen LogP contribution >= 0.6 is 11.6 Å². The van der Waals surface area contributed by atoms with Gasteiger partial charge in [0.1, 0.15) is 6.04 Å². The minimum absolute atomic E-state index is 0.0659. The molecule has 0 heterocycles. The number of nitrogens with two attached hydrogens (primary N) is 1. The number of anilines is 1. The van der Waals surface area contributed by atoms with Crippen molar-refractivity contribution in [2.24, 2.45) is 11.7 Å². The number of rotatable bonds is 5. The average molecular weight is 314 g/mol. The first-order valence-corrected chi connectivity index (χ1v) is 6.50. The third kappa shape index (κ3) is 4.64. The number of aromatic carboxylic acids is 1. The lowest BCUT2D eigenvalue weighted by Crippen LogP contribution is -2.49. The van der Waals surface area contributed by atoms with Crippen LogP contribution in [0.2, 0.25) is 5.02 Å². The van der Waals surface area contributed by atoms with Gasteiger partial charge in [0.2, 0.25) is 5.91 Å². The predicted molar refractivity (Wildman–Crippen MR) is 78.4 cm³/mol. The van der Waals surface area contributed by atoms with E-state index in [9.17, 15) is 14.4 Å². The third-order valence-electron chi connectivity index (χ3n) is 2.71. The molecule has 1 atom stereocenters. The van der Waals surface area contributed by atoms with Gasteiger partial charge in [0, 0.05) is 5.69 Å². The van der Waals surface area contributed by atoms with Crippen LogP contribution in [0, 0.1) is 5.92 Å². The molecule has 0 fully saturated rings. The number of urea groups is 1. The minimum Gasteiger partial charge on any atom is -0.478 e. The Hall–Kier alpha value is -2.28. The Kier molecular flexibility index (Phi) is 5.54. The van der Waals surface area contributed by atoms with E-state index in [2.05, 4.69) is 10.6 Å². The number of hydrogen-bond donors (Lipinski definition) is 4. The fourth-order valence-electron chi connectivity index (χ4n) is 1.68. The molecule has 5 N–H and O–H groups in total. The van der Waals surface area contributed by atoms with Gasteiger partial charge in [-0.3, -0.25) is 4.79 Å². The molecule has 0 aliphatic heterocycles. The zero-order chi connectivity index (χ0) is 16.2. The lowest BCUT2D eigenvalue weighted by molar-refractivity contribution is -0.118. The molecular weight excluding hydrogens is 298 g/mol. The van der Waals surface area contributed by atoms with E-state index in [1.807, 2.05) is 0 Å². The van der Waals surface area contributed by atoms with E-state index in [1.165, 1.54) is 18.2 Å². The van der Waals surface area contributed by atoms with Gasteiger partial charge < -0.3 is 21.5 Å². The molecule has 0 spiro atoms. The van der Waals surface area contributed by atoms with Crippen LogP contribution in [0.5, 0.6) is 0 Å². The molecule has 8 heteroatoms. The summed E-state index contributed by atoms with van der Waals surface area (Å²) in [6.07, 6.45) is 0. The molecule has 0 radical (unpaired) electrons. The molecule has 3 amide bonds. The molecule has 1 unspecified atom stereocenters. The van der Waals surface area contributed by atoms with Crippen molar-refractivity contribution >= 4 is 35.2 Å². The summed E-state index contributed by atoms with van der Waals surface area (Å²) in [5.74, 6) is -1.89. The second-order valence-electron chi connectivity index (χ2n) is 4.72. The van der Waals surface area contributed by atoms with Crippen LogP contribution < -0.4 is 16.4 Å². The summed E-state index contributed by atoms with van der Waals surface area (Å²) in [6.45, 7) is 3.48. The maximum absolute atomic E-state index is 12.1. The summed E-state index contributed by atoms with van der Waals surface area (Å²) in [5, 5.41) is 13.9. The van der Waals surface area contributed by atoms with Gasteiger partial charge in [0.15, 0.2) is 0 Å². The van der Waals surface area contributed by atoms with E-state index in [-0.39, 0.29) is 22.2 Å². The van der Waals surface area contributed by atoms with Crippen molar-refractivity contribution < 1.29 is 19.5 Å². The maximum Gasteiger partial charge on any atom is 0.337 e. The van der Waals surface area contributed by atoms with Gasteiger partial charge >= 0.3 is 12.0 Å². The fourth-order valence-corrected chi connectivity index (χ4v) is 1.87. The Morgan fingerprint density at radius 3 is 2.38 bits per heavy atom. The summed E-state index contributed by atoms with van der Waals surface area (Å²) in [4.78, 5) is 34.0. The number of nitrogens with one attached hydrogen (secondary N) is 2. The molecule has 1 aromatic rings. The number of halogens is 1. The molecule has 0 aromatic heterocycles. The van der Waals surface area contributed by atoms with Crippen LogP contribution in [-0.2, 0) is 4.79 Å². The molecule has 7 nitrogen and oxygen atoms in total. The van der Waals surface area contributed by atoms with E-state index in [1.54, 1.807) is 13.8 Å². The lowest BCUT2D eigenvalue weighted by atomic mass is 10.0. The van der Waals surface area contributed by atoms with E-state index >= 15 is 0 Å². The molecular formula is C13H16ClN3O4. The average Bonchev–Trinajstić information content (AvgIpc) is 2.37. The van der Waals surface area contributed by atoms with Gasteiger partial charge in [-0.15, -0.1) is 0 Å². The van der Waals surface area contributed by atoms with Gasteiger partial charge in [-0.05, 0) is 24.1 Å². The van der Waals surface area contributed by atoms with Crippen molar-refractivity contribution in [2.75, 3.05) is 5.32 Å². The van der Waals surface area contributed by atoms with Crippen molar-refractivity contribution in [3.05, 3.63) is 28.8 Å². The normalized spacial score (nSPS) is 11.8. The third-order valence-corrected chi connectivity index (χ3v) is 3.04. The predicted octanol–water partition coefficient (Wildman–Crippen LogP) is 1.67. The SMILES string of the molecule is CC(C)C(NC(N)=O)C(=O)Nc1ccc(Cl)c(C(=O)O)c1. The minimum atomic E-state index is -1.20. The molecule has 1 aromatic carbocycles. The Bertz CT molecular complexity index is 575. The fraction of sp³-hybridized carbons (Fsp3) is 0.308. The van der Waals surface area contributed by atoms with E-state index < -0.39 is 23.9 Å². The van der Waals surface area contributed by atoms with Crippen molar-refractivity contribution in [3.63, 3.8) is 0 Å². The van der Waals surface area contributed by atoms with Crippen molar-refractivity contribution in [2.45, 2.75) is 19.9 Å². The zero-order valence-corrected chi connectivity index (χ0v) is 12.3. The van der Waals surface area contributed by atoms with Crippen LogP contribution in [0.1, 0.15) is 24.2 Å². The zero-order valence-electron chi connectivity index (χ0n) is 11.5. The highest BCUT2D eigenvalue weighted by atomic mass is 35.5. The number of hydrogen-bond acceptors (Lipinski definition) is 3. The van der Waals surface area contributed by atoms with Crippen LogP contribution in [0.25, 0.3) is 0 Å². The second kappa shape index (κ2) is 6.94. The quantitative estimate of drug-likeness (QED) is 0.660. The highest BCUT2D eigenvalue weighted by Crippen LogP contribution is 2.21. The number of primary amides is 1. The number of carbonyl (C=O) groups is 3. The molecule has 1 rings (SSSR count). The maximum atomic E-state index is 12.1. The molecule has 0 aliphatic rings. The topological polar surface area (TPSA) is 122 Å². The van der Waals surface area contributed by atoms with Crippen molar-refractivity contribution in [3.8, 4) is 0 Å². The van der Waals surface area contributed by atoms with Crippen LogP contribution in [-0.4, -0.2) is 29.1 Å². The van der Waals surface area contributed by atoms with Crippen LogP contribution in [0.3, 0.4) is 0 Å². The Balaban J connectivity index is 2.93. The smallest absolute Gasteiger partial charge is 0.337 e. The van der Waals surface area contributed by atoms with E-state index in [0.29, 0.717) is 0 Å². The lowest BCUT2D eigenvalue weighted by Gasteiger charge is -2.20. The molecule has 114 valence electrons. The number of carboxylic acid groups (broad SMARTS) is 1. The molecule has 0 bridgehead atoms.